The van der Waals surface area contributed by atoms with E-state index in [1.54, 1.807) is 14.0 Å². The lowest BCUT2D eigenvalue weighted by Crippen LogP contribution is -2.14. The number of carbonyl (C=O) groups is 1. The van der Waals surface area contributed by atoms with Crippen LogP contribution < -0.4 is 0 Å². The first-order chi connectivity index (χ1) is 9.65. The van der Waals surface area contributed by atoms with Crippen molar-refractivity contribution < 1.29 is 9.53 Å². The monoisotopic (exact) mass is 274 g/mol. The number of hydrogen-bond donors (Lipinski definition) is 0. The van der Waals surface area contributed by atoms with Gasteiger partial charge in [-0.15, -0.1) is 0 Å². The van der Waals surface area contributed by atoms with E-state index in [9.17, 15) is 4.79 Å². The van der Waals surface area contributed by atoms with Gasteiger partial charge in [0.05, 0.1) is 6.10 Å². The van der Waals surface area contributed by atoms with Gasteiger partial charge in [-0.3, -0.25) is 4.79 Å². The van der Waals surface area contributed by atoms with E-state index in [4.69, 9.17) is 4.74 Å². The average molecular weight is 274 g/mol. The van der Waals surface area contributed by atoms with Crippen LogP contribution in [-0.2, 0) is 16.0 Å². The molecule has 0 saturated carbocycles. The van der Waals surface area contributed by atoms with E-state index in [1.165, 1.54) is 24.0 Å². The minimum absolute atomic E-state index is 0.0966. The van der Waals surface area contributed by atoms with Crippen LogP contribution in [0.1, 0.15) is 50.2 Å². The van der Waals surface area contributed by atoms with Crippen molar-refractivity contribution in [2.75, 3.05) is 7.11 Å². The van der Waals surface area contributed by atoms with Crippen LogP contribution in [0.15, 0.2) is 30.8 Å². The minimum atomic E-state index is 0.0966. The summed E-state index contributed by atoms with van der Waals surface area (Å²) in [6.07, 6.45) is 8.08. The van der Waals surface area contributed by atoms with E-state index >= 15 is 0 Å². The lowest BCUT2D eigenvalue weighted by molar-refractivity contribution is -0.119. The highest BCUT2D eigenvalue weighted by Crippen LogP contribution is 2.13. The zero-order chi connectivity index (χ0) is 14.8. The summed E-state index contributed by atoms with van der Waals surface area (Å²) in [5, 5.41) is 0. The molecular weight excluding hydrogens is 248 g/mol. The predicted molar refractivity (Wildman–Crippen MR) is 84.8 cm³/mol. The SMILES string of the molecule is C=Cc1ccc(CCCCCC(CC(C)=O)OC)cc1. The number of ketones is 1. The van der Waals surface area contributed by atoms with Crippen molar-refractivity contribution >= 4 is 11.9 Å². The molecule has 1 rings (SSSR count). The summed E-state index contributed by atoms with van der Waals surface area (Å²) in [5.74, 6) is 0.208. The van der Waals surface area contributed by atoms with Crippen LogP contribution in [0.3, 0.4) is 0 Å². The van der Waals surface area contributed by atoms with Crippen LogP contribution >= 0.6 is 0 Å². The normalized spacial score (nSPS) is 12.1. The van der Waals surface area contributed by atoms with Crippen molar-refractivity contribution in [3.05, 3.63) is 42.0 Å². The first kappa shape index (κ1) is 16.6. The number of unbranched alkanes of at least 4 members (excludes halogenated alkanes) is 2. The van der Waals surface area contributed by atoms with E-state index < -0.39 is 0 Å². The van der Waals surface area contributed by atoms with Crippen molar-refractivity contribution in [2.24, 2.45) is 0 Å². The van der Waals surface area contributed by atoms with E-state index in [0.29, 0.717) is 6.42 Å². The Morgan fingerprint density at radius 2 is 1.95 bits per heavy atom. The molecule has 1 aromatic carbocycles. The zero-order valence-corrected chi connectivity index (χ0v) is 12.7. The van der Waals surface area contributed by atoms with Gasteiger partial charge in [0.25, 0.3) is 0 Å². The number of ether oxygens (including phenoxy) is 1. The fraction of sp³-hybridized carbons (Fsp3) is 0.500. The van der Waals surface area contributed by atoms with Gasteiger partial charge in [0.15, 0.2) is 0 Å². The lowest BCUT2D eigenvalue weighted by Gasteiger charge is -2.13. The third kappa shape index (κ3) is 6.67. The van der Waals surface area contributed by atoms with Crippen LogP contribution in [0.25, 0.3) is 6.08 Å². The first-order valence-electron chi connectivity index (χ1n) is 7.39. The average Bonchev–Trinajstić information content (AvgIpc) is 2.46. The Bertz CT molecular complexity index is 406. The molecule has 0 amide bonds. The maximum Gasteiger partial charge on any atom is 0.132 e. The van der Waals surface area contributed by atoms with Gasteiger partial charge >= 0.3 is 0 Å². The van der Waals surface area contributed by atoms with Crippen LogP contribution in [0.5, 0.6) is 0 Å². The number of methoxy groups -OCH3 is 1. The molecule has 1 unspecified atom stereocenters. The van der Waals surface area contributed by atoms with Gasteiger partial charge in [-0.05, 0) is 37.3 Å². The van der Waals surface area contributed by atoms with E-state index in [1.807, 2.05) is 6.08 Å². The van der Waals surface area contributed by atoms with Crippen LogP contribution in [0.4, 0.5) is 0 Å². The molecule has 110 valence electrons. The molecular formula is C18H26O2. The zero-order valence-electron chi connectivity index (χ0n) is 12.7. The third-order valence-corrected chi connectivity index (χ3v) is 3.56. The fourth-order valence-corrected chi connectivity index (χ4v) is 2.32. The summed E-state index contributed by atoms with van der Waals surface area (Å²) in [5.41, 5.74) is 2.54. The summed E-state index contributed by atoms with van der Waals surface area (Å²) < 4.78 is 5.32. The second-order valence-corrected chi connectivity index (χ2v) is 5.31. The number of rotatable bonds is 10. The molecule has 0 radical (unpaired) electrons. The molecule has 0 aliphatic rings. The van der Waals surface area contributed by atoms with Crippen molar-refractivity contribution in [2.45, 2.75) is 51.6 Å². The molecule has 2 nitrogen and oxygen atoms in total. The molecule has 1 aromatic rings. The van der Waals surface area contributed by atoms with Crippen molar-refractivity contribution in [1.82, 2.24) is 0 Å². The molecule has 0 saturated heterocycles. The number of benzene rings is 1. The molecule has 0 bridgehead atoms. The summed E-state index contributed by atoms with van der Waals surface area (Å²) >= 11 is 0. The Morgan fingerprint density at radius 3 is 2.50 bits per heavy atom. The summed E-state index contributed by atoms with van der Waals surface area (Å²) in [6.45, 7) is 5.38. The molecule has 0 fully saturated rings. The maximum atomic E-state index is 11.1. The Morgan fingerprint density at radius 1 is 1.25 bits per heavy atom. The summed E-state index contributed by atoms with van der Waals surface area (Å²) in [4.78, 5) is 11.1. The van der Waals surface area contributed by atoms with E-state index in [-0.39, 0.29) is 11.9 Å². The van der Waals surface area contributed by atoms with Crippen molar-refractivity contribution in [3.63, 3.8) is 0 Å². The predicted octanol–water partition coefficient (Wildman–Crippen LogP) is 4.43. The second kappa shape index (κ2) is 9.49. The van der Waals surface area contributed by atoms with Crippen molar-refractivity contribution in [3.8, 4) is 0 Å². The largest absolute Gasteiger partial charge is 0.381 e. The van der Waals surface area contributed by atoms with Gasteiger partial charge in [-0.1, -0.05) is 49.8 Å². The lowest BCUT2D eigenvalue weighted by atomic mass is 10.0. The van der Waals surface area contributed by atoms with Gasteiger partial charge < -0.3 is 4.74 Å². The molecule has 0 aliphatic carbocycles. The summed E-state index contributed by atoms with van der Waals surface area (Å²) in [6, 6.07) is 8.56. The Hall–Kier alpha value is -1.41. The molecule has 20 heavy (non-hydrogen) atoms. The smallest absolute Gasteiger partial charge is 0.132 e. The van der Waals surface area contributed by atoms with Crippen LogP contribution in [-0.4, -0.2) is 19.0 Å². The fourth-order valence-electron chi connectivity index (χ4n) is 2.32. The molecule has 0 N–H and O–H groups in total. The highest BCUT2D eigenvalue weighted by atomic mass is 16.5. The third-order valence-electron chi connectivity index (χ3n) is 3.56. The quantitative estimate of drug-likeness (QED) is 0.590. The van der Waals surface area contributed by atoms with Crippen LogP contribution in [0.2, 0.25) is 0 Å². The summed E-state index contributed by atoms with van der Waals surface area (Å²) in [7, 11) is 1.69. The second-order valence-electron chi connectivity index (χ2n) is 5.31. The number of hydrogen-bond acceptors (Lipinski definition) is 2. The number of carbonyl (C=O) groups excluding carboxylic acids is 1. The molecule has 1 atom stereocenters. The maximum absolute atomic E-state index is 11.1. The van der Waals surface area contributed by atoms with Crippen LogP contribution in [0, 0.1) is 0 Å². The molecule has 0 heterocycles. The molecule has 0 aliphatic heterocycles. The molecule has 0 aromatic heterocycles. The highest BCUT2D eigenvalue weighted by molar-refractivity contribution is 5.75. The van der Waals surface area contributed by atoms with Gasteiger partial charge in [-0.2, -0.15) is 0 Å². The number of Topliss-reactive ketones (excluding diaryl/α,β-unsaturated/α-hetero) is 1. The highest BCUT2D eigenvalue weighted by Gasteiger charge is 2.09. The van der Waals surface area contributed by atoms with Gasteiger partial charge in [0, 0.05) is 13.5 Å². The van der Waals surface area contributed by atoms with Gasteiger partial charge in [0.1, 0.15) is 5.78 Å². The topological polar surface area (TPSA) is 26.3 Å². The Kier molecular flexibility index (Phi) is 7.89. The van der Waals surface area contributed by atoms with Gasteiger partial charge in [0.2, 0.25) is 0 Å². The van der Waals surface area contributed by atoms with E-state index in [0.717, 1.165) is 19.3 Å². The Labute approximate surface area is 122 Å². The first-order valence-corrected chi connectivity index (χ1v) is 7.39. The standard InChI is InChI=1S/C18H26O2/c1-4-16-10-12-17(13-11-16)8-6-5-7-9-18(20-3)14-15(2)19/h4,10-13,18H,1,5-9,14H2,2-3H3. The molecule has 0 spiro atoms. The Balaban J connectivity index is 2.17. The van der Waals surface area contributed by atoms with E-state index in [2.05, 4.69) is 30.8 Å². The van der Waals surface area contributed by atoms with Crippen molar-refractivity contribution in [1.29, 1.82) is 0 Å². The van der Waals surface area contributed by atoms with Gasteiger partial charge in [-0.25, -0.2) is 0 Å². The number of aryl methyl sites for hydroxylation is 1. The molecule has 2 heteroatoms. The minimum Gasteiger partial charge on any atom is -0.381 e.